The molecule has 2 aliphatic rings. The molecule has 0 aromatic heterocycles. The van der Waals surface area contributed by atoms with Gasteiger partial charge in [0.25, 0.3) is 0 Å². The van der Waals surface area contributed by atoms with Gasteiger partial charge in [-0.15, -0.1) is 0 Å². The third-order valence-electron chi connectivity index (χ3n) is 4.22. The average molecular weight is 229 g/mol. The van der Waals surface area contributed by atoms with Crippen LogP contribution in [0, 0.1) is 11.8 Å². The van der Waals surface area contributed by atoms with Gasteiger partial charge >= 0.3 is 0 Å². The second-order valence-electron chi connectivity index (χ2n) is 5.54. The maximum absolute atomic E-state index is 9.97. The molecule has 1 nitrogen and oxygen atoms in total. The SMILES string of the molecule is CC1CC([S+]2CCCCC2)CC(C)C1O. The van der Waals surface area contributed by atoms with Crippen LogP contribution in [0.5, 0.6) is 0 Å². The van der Waals surface area contributed by atoms with E-state index in [2.05, 4.69) is 13.8 Å². The maximum atomic E-state index is 9.97. The molecule has 1 aliphatic carbocycles. The van der Waals surface area contributed by atoms with Gasteiger partial charge in [-0.2, -0.15) is 0 Å². The summed E-state index contributed by atoms with van der Waals surface area (Å²) in [6.07, 6.45) is 6.93. The summed E-state index contributed by atoms with van der Waals surface area (Å²) in [7, 11) is 0.701. The standard InChI is InChI=1S/C13H25OS/c1-10-8-12(9-11(2)13(10)14)15-6-4-3-5-7-15/h10-14H,3-9H2,1-2H3/q+1. The van der Waals surface area contributed by atoms with E-state index in [1.165, 1.54) is 43.6 Å². The third-order valence-corrected chi connectivity index (χ3v) is 7.17. The minimum atomic E-state index is -0.0327. The van der Waals surface area contributed by atoms with Crippen LogP contribution in [0.4, 0.5) is 0 Å². The zero-order chi connectivity index (χ0) is 10.8. The molecular weight excluding hydrogens is 204 g/mol. The second-order valence-corrected chi connectivity index (χ2v) is 8.10. The summed E-state index contributed by atoms with van der Waals surface area (Å²) in [6.45, 7) is 4.47. The topological polar surface area (TPSA) is 20.2 Å². The lowest BCUT2D eigenvalue weighted by atomic mass is 9.80. The van der Waals surface area contributed by atoms with Gasteiger partial charge in [-0.25, -0.2) is 0 Å². The lowest BCUT2D eigenvalue weighted by Crippen LogP contribution is -2.42. The highest BCUT2D eigenvalue weighted by atomic mass is 32.2. The fourth-order valence-electron chi connectivity index (χ4n) is 3.22. The Hall–Kier alpha value is 0.310. The van der Waals surface area contributed by atoms with Crippen LogP contribution >= 0.6 is 0 Å². The molecular formula is C13H25OS+. The first-order valence-corrected chi connectivity index (χ1v) is 8.15. The molecule has 0 bridgehead atoms. The molecule has 1 saturated carbocycles. The van der Waals surface area contributed by atoms with Crippen LogP contribution in [-0.2, 0) is 10.9 Å². The Morgan fingerprint density at radius 1 is 0.933 bits per heavy atom. The Kier molecular flexibility index (Phi) is 4.00. The van der Waals surface area contributed by atoms with Gasteiger partial charge in [-0.3, -0.25) is 0 Å². The Bertz CT molecular complexity index is 189. The van der Waals surface area contributed by atoms with Gasteiger partial charge in [0.15, 0.2) is 0 Å². The van der Waals surface area contributed by atoms with Crippen molar-refractivity contribution in [3.63, 3.8) is 0 Å². The highest BCUT2D eigenvalue weighted by Crippen LogP contribution is 2.35. The average Bonchev–Trinajstić information content (AvgIpc) is 2.26. The minimum Gasteiger partial charge on any atom is -0.393 e. The van der Waals surface area contributed by atoms with E-state index in [4.69, 9.17) is 0 Å². The van der Waals surface area contributed by atoms with Gasteiger partial charge in [0.2, 0.25) is 0 Å². The first-order chi connectivity index (χ1) is 7.18. The predicted octanol–water partition coefficient (Wildman–Crippen LogP) is 2.58. The molecule has 0 radical (unpaired) electrons. The summed E-state index contributed by atoms with van der Waals surface area (Å²) in [4.78, 5) is 0. The van der Waals surface area contributed by atoms with Gasteiger partial charge in [-0.1, -0.05) is 13.8 Å². The third kappa shape index (κ3) is 2.71. The van der Waals surface area contributed by atoms with E-state index in [9.17, 15) is 5.11 Å². The summed E-state index contributed by atoms with van der Waals surface area (Å²) >= 11 is 0. The fraction of sp³-hybridized carbons (Fsp3) is 1.00. The summed E-state index contributed by atoms with van der Waals surface area (Å²) in [5.41, 5.74) is 0. The molecule has 2 fully saturated rings. The van der Waals surface area contributed by atoms with Crippen LogP contribution in [-0.4, -0.2) is 28.0 Å². The van der Waals surface area contributed by atoms with Crippen molar-refractivity contribution in [3.8, 4) is 0 Å². The van der Waals surface area contributed by atoms with Crippen molar-refractivity contribution in [3.05, 3.63) is 0 Å². The van der Waals surface area contributed by atoms with Crippen LogP contribution in [0.15, 0.2) is 0 Å². The molecule has 0 amide bonds. The Morgan fingerprint density at radius 3 is 2.00 bits per heavy atom. The number of hydrogen-bond donors (Lipinski definition) is 1. The molecule has 0 spiro atoms. The molecule has 88 valence electrons. The fourth-order valence-corrected chi connectivity index (χ4v) is 6.40. The molecule has 15 heavy (non-hydrogen) atoms. The zero-order valence-electron chi connectivity index (χ0n) is 10.1. The van der Waals surface area contributed by atoms with Gasteiger partial charge in [0, 0.05) is 0 Å². The molecule has 1 N–H and O–H groups in total. The van der Waals surface area contributed by atoms with Crippen molar-refractivity contribution < 1.29 is 5.11 Å². The van der Waals surface area contributed by atoms with Crippen molar-refractivity contribution >= 4 is 10.9 Å². The van der Waals surface area contributed by atoms with Crippen molar-refractivity contribution in [1.29, 1.82) is 0 Å². The molecule has 2 rings (SSSR count). The van der Waals surface area contributed by atoms with Crippen molar-refractivity contribution in [2.45, 2.75) is 57.3 Å². The van der Waals surface area contributed by atoms with E-state index in [1.807, 2.05) is 0 Å². The first-order valence-electron chi connectivity index (χ1n) is 6.53. The van der Waals surface area contributed by atoms with E-state index in [-0.39, 0.29) is 6.10 Å². The summed E-state index contributed by atoms with van der Waals surface area (Å²) < 4.78 is 0. The molecule has 1 aliphatic heterocycles. The smallest absolute Gasteiger partial charge is 0.119 e. The monoisotopic (exact) mass is 229 g/mol. The Balaban J connectivity index is 1.92. The predicted molar refractivity (Wildman–Crippen MR) is 68.3 cm³/mol. The maximum Gasteiger partial charge on any atom is 0.119 e. The van der Waals surface area contributed by atoms with Crippen LogP contribution < -0.4 is 0 Å². The van der Waals surface area contributed by atoms with E-state index in [1.54, 1.807) is 0 Å². The Morgan fingerprint density at radius 2 is 1.47 bits per heavy atom. The van der Waals surface area contributed by atoms with Gasteiger partial charge in [-0.05, 0) is 54.8 Å². The van der Waals surface area contributed by atoms with Crippen molar-refractivity contribution in [2.75, 3.05) is 11.5 Å². The van der Waals surface area contributed by atoms with Crippen molar-refractivity contribution in [2.24, 2.45) is 11.8 Å². The lowest BCUT2D eigenvalue weighted by Gasteiger charge is -2.36. The molecule has 2 heteroatoms. The number of aliphatic hydroxyl groups excluding tert-OH is 1. The van der Waals surface area contributed by atoms with Crippen LogP contribution in [0.2, 0.25) is 0 Å². The molecule has 1 saturated heterocycles. The summed E-state index contributed by atoms with van der Waals surface area (Å²) in [5, 5.41) is 10.9. The summed E-state index contributed by atoms with van der Waals surface area (Å²) in [6, 6.07) is 0. The quantitative estimate of drug-likeness (QED) is 0.685. The van der Waals surface area contributed by atoms with E-state index in [0.717, 1.165) is 5.25 Å². The van der Waals surface area contributed by atoms with E-state index >= 15 is 0 Å². The number of aliphatic hydroxyl groups is 1. The van der Waals surface area contributed by atoms with Gasteiger partial charge < -0.3 is 5.11 Å². The van der Waals surface area contributed by atoms with Crippen LogP contribution in [0.1, 0.15) is 46.0 Å². The van der Waals surface area contributed by atoms with Crippen LogP contribution in [0.25, 0.3) is 0 Å². The zero-order valence-corrected chi connectivity index (χ0v) is 10.9. The highest BCUT2D eigenvalue weighted by molar-refractivity contribution is 7.97. The Labute approximate surface area is 97.0 Å². The molecule has 2 unspecified atom stereocenters. The highest BCUT2D eigenvalue weighted by Gasteiger charge is 2.41. The van der Waals surface area contributed by atoms with Gasteiger partial charge in [0.05, 0.1) is 6.10 Å². The largest absolute Gasteiger partial charge is 0.393 e. The molecule has 0 aromatic carbocycles. The van der Waals surface area contributed by atoms with Gasteiger partial charge in [0.1, 0.15) is 16.8 Å². The molecule has 2 atom stereocenters. The lowest BCUT2D eigenvalue weighted by molar-refractivity contribution is 0.0353. The normalized spacial score (nSPS) is 44.2. The van der Waals surface area contributed by atoms with Crippen molar-refractivity contribution in [1.82, 2.24) is 0 Å². The van der Waals surface area contributed by atoms with E-state index in [0.29, 0.717) is 22.7 Å². The molecule has 1 heterocycles. The number of rotatable bonds is 1. The molecule has 0 aromatic rings. The number of hydrogen-bond acceptors (Lipinski definition) is 1. The van der Waals surface area contributed by atoms with Crippen LogP contribution in [0.3, 0.4) is 0 Å². The van der Waals surface area contributed by atoms with E-state index < -0.39 is 0 Å². The minimum absolute atomic E-state index is 0.0327. The second kappa shape index (κ2) is 5.09. The first kappa shape index (κ1) is 11.8. The summed E-state index contributed by atoms with van der Waals surface area (Å²) in [5.74, 6) is 4.04.